The van der Waals surface area contributed by atoms with Crippen molar-refractivity contribution in [1.82, 2.24) is 9.55 Å². The van der Waals surface area contributed by atoms with Gasteiger partial charge in [0, 0.05) is 0 Å². The third-order valence-electron chi connectivity index (χ3n) is 5.22. The molecule has 0 aliphatic heterocycles. The van der Waals surface area contributed by atoms with Gasteiger partial charge in [-0.3, -0.25) is 0 Å². The number of aliphatic hydroxyl groups is 1. The van der Waals surface area contributed by atoms with E-state index in [1.165, 1.54) is 5.56 Å². The summed E-state index contributed by atoms with van der Waals surface area (Å²) in [5.41, 5.74) is 4.11. The Morgan fingerprint density at radius 1 is 0.903 bits per heavy atom. The van der Waals surface area contributed by atoms with Gasteiger partial charge in [-0.2, -0.15) is 0 Å². The number of halogens is 1. The molecule has 6 heteroatoms. The summed E-state index contributed by atoms with van der Waals surface area (Å²) in [6.07, 6.45) is -0.682. The van der Waals surface area contributed by atoms with E-state index in [-0.39, 0.29) is 19.0 Å². The quantitative estimate of drug-likeness (QED) is 0.416. The van der Waals surface area contributed by atoms with Crippen molar-refractivity contribution >= 4 is 23.4 Å². The molecule has 0 saturated heterocycles. The SMILES string of the molecule is Cc1cccc(OCC(O)Cn2c(COc3ccccc3)nc3ccccc32)c1C.Cl. The number of hydrogen-bond donors (Lipinski definition) is 1. The molecule has 5 nitrogen and oxygen atoms in total. The van der Waals surface area contributed by atoms with Gasteiger partial charge in [0.05, 0.1) is 17.6 Å². The normalized spacial score (nSPS) is 11.7. The molecule has 0 spiro atoms. The number of hydrogen-bond acceptors (Lipinski definition) is 4. The Morgan fingerprint density at radius 2 is 1.65 bits per heavy atom. The zero-order valence-electron chi connectivity index (χ0n) is 17.7. The van der Waals surface area contributed by atoms with Crippen molar-refractivity contribution in [3.05, 3.63) is 89.7 Å². The van der Waals surface area contributed by atoms with Gasteiger partial charge in [0.15, 0.2) is 0 Å². The predicted molar refractivity (Wildman–Crippen MR) is 125 cm³/mol. The van der Waals surface area contributed by atoms with Gasteiger partial charge in [0.25, 0.3) is 0 Å². The fourth-order valence-electron chi connectivity index (χ4n) is 3.43. The molecule has 0 fully saturated rings. The molecule has 0 aliphatic carbocycles. The van der Waals surface area contributed by atoms with Crippen molar-refractivity contribution in [1.29, 1.82) is 0 Å². The van der Waals surface area contributed by atoms with E-state index in [0.717, 1.165) is 33.9 Å². The first-order valence-corrected chi connectivity index (χ1v) is 10.1. The topological polar surface area (TPSA) is 56.5 Å². The maximum atomic E-state index is 10.7. The lowest BCUT2D eigenvalue weighted by molar-refractivity contribution is 0.0914. The highest BCUT2D eigenvalue weighted by atomic mass is 35.5. The fraction of sp³-hybridized carbons (Fsp3) is 0.240. The van der Waals surface area contributed by atoms with Gasteiger partial charge in [-0.05, 0) is 55.3 Å². The smallest absolute Gasteiger partial charge is 0.148 e. The molecular weight excluding hydrogens is 412 g/mol. The Kier molecular flexibility index (Phi) is 7.55. The van der Waals surface area contributed by atoms with Crippen molar-refractivity contribution < 1.29 is 14.6 Å². The monoisotopic (exact) mass is 438 g/mol. The average molecular weight is 439 g/mol. The zero-order valence-corrected chi connectivity index (χ0v) is 18.5. The first-order chi connectivity index (χ1) is 14.6. The minimum atomic E-state index is -0.682. The van der Waals surface area contributed by atoms with Crippen LogP contribution in [0, 0.1) is 13.8 Å². The lowest BCUT2D eigenvalue weighted by atomic mass is 10.1. The Hall–Kier alpha value is -3.02. The van der Waals surface area contributed by atoms with Gasteiger partial charge in [-0.25, -0.2) is 4.98 Å². The van der Waals surface area contributed by atoms with Gasteiger partial charge < -0.3 is 19.1 Å². The molecule has 0 saturated carbocycles. The summed E-state index contributed by atoms with van der Waals surface area (Å²) in [5, 5.41) is 10.7. The van der Waals surface area contributed by atoms with Crippen LogP contribution in [-0.4, -0.2) is 27.4 Å². The molecule has 1 heterocycles. The van der Waals surface area contributed by atoms with Crippen molar-refractivity contribution in [3.63, 3.8) is 0 Å². The molecule has 0 radical (unpaired) electrons. The molecule has 1 atom stereocenters. The minimum Gasteiger partial charge on any atom is -0.491 e. The van der Waals surface area contributed by atoms with E-state index in [1.54, 1.807) is 0 Å². The van der Waals surface area contributed by atoms with Crippen LogP contribution < -0.4 is 9.47 Å². The number of rotatable bonds is 8. The highest BCUT2D eigenvalue weighted by molar-refractivity contribution is 5.85. The van der Waals surface area contributed by atoms with Crippen LogP contribution in [-0.2, 0) is 13.2 Å². The second kappa shape index (κ2) is 10.3. The van der Waals surface area contributed by atoms with Gasteiger partial charge in [0.2, 0.25) is 0 Å². The van der Waals surface area contributed by atoms with E-state index in [1.807, 2.05) is 78.2 Å². The first kappa shape index (κ1) is 22.7. The van der Waals surface area contributed by atoms with Crippen LogP contribution in [0.25, 0.3) is 11.0 Å². The summed E-state index contributed by atoms with van der Waals surface area (Å²) in [6.45, 7) is 4.98. The van der Waals surface area contributed by atoms with E-state index in [2.05, 4.69) is 13.0 Å². The summed E-state index contributed by atoms with van der Waals surface area (Å²) >= 11 is 0. The number of para-hydroxylation sites is 3. The Labute approximate surface area is 188 Å². The largest absolute Gasteiger partial charge is 0.491 e. The van der Waals surface area contributed by atoms with Crippen molar-refractivity contribution in [2.75, 3.05) is 6.61 Å². The molecule has 1 aromatic heterocycles. The predicted octanol–water partition coefficient (Wildman–Crippen LogP) is 5.09. The number of imidazole rings is 1. The summed E-state index contributed by atoms with van der Waals surface area (Å²) in [6, 6.07) is 23.5. The minimum absolute atomic E-state index is 0. The van der Waals surface area contributed by atoms with Crippen LogP contribution >= 0.6 is 12.4 Å². The van der Waals surface area contributed by atoms with Crippen LogP contribution in [0.1, 0.15) is 17.0 Å². The van der Waals surface area contributed by atoms with E-state index >= 15 is 0 Å². The number of ether oxygens (including phenoxy) is 2. The van der Waals surface area contributed by atoms with E-state index in [4.69, 9.17) is 14.5 Å². The standard InChI is InChI=1S/C25H26N2O3.ClH/c1-18-9-8-14-24(19(18)2)30-16-20(28)15-27-23-13-7-6-12-22(23)26-25(27)17-29-21-10-4-3-5-11-21;/h3-14,20,28H,15-17H2,1-2H3;1H. The molecule has 162 valence electrons. The highest BCUT2D eigenvalue weighted by Crippen LogP contribution is 2.22. The number of benzene rings is 3. The molecule has 0 aliphatic rings. The highest BCUT2D eigenvalue weighted by Gasteiger charge is 2.16. The van der Waals surface area contributed by atoms with Crippen LogP contribution in [0.3, 0.4) is 0 Å². The summed E-state index contributed by atoms with van der Waals surface area (Å²) in [4.78, 5) is 4.71. The third-order valence-corrected chi connectivity index (χ3v) is 5.22. The average Bonchev–Trinajstić information content (AvgIpc) is 3.11. The molecule has 1 N–H and O–H groups in total. The number of fused-ring (bicyclic) bond motifs is 1. The zero-order chi connectivity index (χ0) is 20.9. The maximum absolute atomic E-state index is 10.7. The van der Waals surface area contributed by atoms with E-state index < -0.39 is 6.10 Å². The van der Waals surface area contributed by atoms with Gasteiger partial charge in [-0.15, -0.1) is 12.4 Å². The van der Waals surface area contributed by atoms with Crippen LogP contribution in [0.4, 0.5) is 0 Å². The third kappa shape index (κ3) is 5.37. The van der Waals surface area contributed by atoms with Crippen LogP contribution in [0.15, 0.2) is 72.8 Å². The van der Waals surface area contributed by atoms with Crippen LogP contribution in [0.5, 0.6) is 11.5 Å². The Morgan fingerprint density at radius 3 is 2.45 bits per heavy atom. The number of aryl methyl sites for hydroxylation is 1. The van der Waals surface area contributed by atoms with Crippen molar-refractivity contribution in [2.24, 2.45) is 0 Å². The van der Waals surface area contributed by atoms with Gasteiger partial charge in [-0.1, -0.05) is 42.5 Å². The maximum Gasteiger partial charge on any atom is 0.148 e. The molecule has 0 bridgehead atoms. The summed E-state index contributed by atoms with van der Waals surface area (Å²) < 4.78 is 13.8. The number of nitrogens with zero attached hydrogens (tertiary/aromatic N) is 2. The first-order valence-electron chi connectivity index (χ1n) is 10.1. The Bertz CT molecular complexity index is 1130. The molecular formula is C25H27ClN2O3. The summed E-state index contributed by atoms with van der Waals surface area (Å²) in [7, 11) is 0. The van der Waals surface area contributed by atoms with E-state index in [9.17, 15) is 5.11 Å². The van der Waals surface area contributed by atoms with Crippen molar-refractivity contribution in [2.45, 2.75) is 33.1 Å². The molecule has 4 aromatic rings. The van der Waals surface area contributed by atoms with Crippen molar-refractivity contribution in [3.8, 4) is 11.5 Å². The van der Waals surface area contributed by atoms with Gasteiger partial charge >= 0.3 is 0 Å². The summed E-state index contributed by atoms with van der Waals surface area (Å²) in [5.74, 6) is 2.36. The number of aliphatic hydroxyl groups excluding tert-OH is 1. The van der Waals surface area contributed by atoms with Crippen LogP contribution in [0.2, 0.25) is 0 Å². The molecule has 4 rings (SSSR count). The lowest BCUT2D eigenvalue weighted by Crippen LogP contribution is -2.25. The Balaban J connectivity index is 0.00000272. The second-order valence-electron chi connectivity index (χ2n) is 7.39. The molecule has 3 aromatic carbocycles. The van der Waals surface area contributed by atoms with E-state index in [0.29, 0.717) is 13.2 Å². The molecule has 0 amide bonds. The lowest BCUT2D eigenvalue weighted by Gasteiger charge is -2.17. The molecule has 1 unspecified atom stereocenters. The number of aromatic nitrogens is 2. The van der Waals surface area contributed by atoms with Gasteiger partial charge in [0.1, 0.15) is 36.6 Å². The fourth-order valence-corrected chi connectivity index (χ4v) is 3.43. The molecule has 31 heavy (non-hydrogen) atoms. The second-order valence-corrected chi connectivity index (χ2v) is 7.39.